The first-order valence-corrected chi connectivity index (χ1v) is 16.4. The smallest absolute Gasteiger partial charge is 0.164 e. The summed E-state index contributed by atoms with van der Waals surface area (Å²) in [6.07, 6.45) is 0. The minimum Gasteiger partial charge on any atom is -0.456 e. The minimum absolute atomic E-state index is 0.602. The molecule has 10 aromatic rings. The number of hydrogen-bond acceptors (Lipinski definition) is 4. The van der Waals surface area contributed by atoms with Crippen LogP contribution in [0.15, 0.2) is 168 Å². The van der Waals surface area contributed by atoms with E-state index in [1.54, 1.807) is 0 Å². The maximum atomic E-state index is 6.53. The van der Waals surface area contributed by atoms with Crippen LogP contribution in [-0.2, 0) is 0 Å². The Morgan fingerprint density at radius 3 is 1.73 bits per heavy atom. The quantitative estimate of drug-likeness (QED) is 0.183. The molecule has 0 radical (unpaired) electrons. The van der Waals surface area contributed by atoms with Crippen molar-refractivity contribution in [1.82, 2.24) is 15.0 Å². The molecule has 49 heavy (non-hydrogen) atoms. The lowest BCUT2D eigenvalue weighted by Gasteiger charge is -2.11. The van der Waals surface area contributed by atoms with Crippen molar-refractivity contribution in [1.29, 1.82) is 0 Å². The molecule has 0 aliphatic rings. The Bertz CT molecular complexity index is 2890. The number of furan rings is 1. The standard InChI is InChI=1S/C45H27N3O/c1-2-12-30(13-3-1)43-46-44(34-23-20-28-10-4-5-14-31(28)26-34)48-45(47-43)38-17-9-19-40-42(38)41-37(16-8-18-39(41)49-40)33-24-25-36-32(27-33)22-21-29-11-6-7-15-35(29)36/h1-27H. The highest BCUT2D eigenvalue weighted by atomic mass is 16.3. The first-order valence-electron chi connectivity index (χ1n) is 16.4. The zero-order valence-electron chi connectivity index (χ0n) is 26.3. The second kappa shape index (κ2) is 11.0. The fourth-order valence-corrected chi connectivity index (χ4v) is 7.14. The van der Waals surface area contributed by atoms with Crippen molar-refractivity contribution in [2.45, 2.75) is 0 Å². The number of benzene rings is 8. The third kappa shape index (κ3) is 4.57. The van der Waals surface area contributed by atoms with E-state index in [4.69, 9.17) is 19.4 Å². The van der Waals surface area contributed by atoms with Gasteiger partial charge in [0.15, 0.2) is 17.5 Å². The highest BCUT2D eigenvalue weighted by Crippen LogP contribution is 2.42. The second-order valence-electron chi connectivity index (χ2n) is 12.4. The van der Waals surface area contributed by atoms with E-state index in [-0.39, 0.29) is 0 Å². The average molecular weight is 626 g/mol. The molecular weight excluding hydrogens is 599 g/mol. The summed E-state index contributed by atoms with van der Waals surface area (Å²) in [4.78, 5) is 15.3. The van der Waals surface area contributed by atoms with Gasteiger partial charge in [0.05, 0.1) is 0 Å². The molecule has 0 N–H and O–H groups in total. The van der Waals surface area contributed by atoms with Crippen molar-refractivity contribution in [2.24, 2.45) is 0 Å². The summed E-state index contributed by atoms with van der Waals surface area (Å²) in [6.45, 7) is 0. The monoisotopic (exact) mass is 625 g/mol. The predicted octanol–water partition coefficient (Wildman–Crippen LogP) is 11.9. The van der Waals surface area contributed by atoms with Crippen LogP contribution in [0, 0.1) is 0 Å². The van der Waals surface area contributed by atoms with Gasteiger partial charge in [0.25, 0.3) is 0 Å². The van der Waals surface area contributed by atoms with E-state index in [0.717, 1.165) is 55.1 Å². The summed E-state index contributed by atoms with van der Waals surface area (Å²) in [5, 5.41) is 9.28. The number of hydrogen-bond donors (Lipinski definition) is 0. The highest BCUT2D eigenvalue weighted by Gasteiger charge is 2.20. The van der Waals surface area contributed by atoms with Crippen molar-refractivity contribution in [2.75, 3.05) is 0 Å². The van der Waals surface area contributed by atoms with Crippen LogP contribution in [0.3, 0.4) is 0 Å². The SMILES string of the molecule is c1ccc(-c2nc(-c3ccc4ccccc4c3)nc(-c3cccc4oc5cccc(-c6ccc7c(ccc8ccccc87)c6)c5c34)n2)cc1. The molecule has 0 aliphatic heterocycles. The molecule has 4 nitrogen and oxygen atoms in total. The normalized spacial score (nSPS) is 11.7. The fourth-order valence-electron chi connectivity index (χ4n) is 7.14. The Labute approximate surface area is 282 Å². The third-order valence-corrected chi connectivity index (χ3v) is 9.49. The average Bonchev–Trinajstić information content (AvgIpc) is 3.57. The molecule has 0 unspecified atom stereocenters. The van der Waals surface area contributed by atoms with Gasteiger partial charge >= 0.3 is 0 Å². The molecular formula is C45H27N3O. The van der Waals surface area contributed by atoms with Crippen LogP contribution in [0.5, 0.6) is 0 Å². The van der Waals surface area contributed by atoms with Gasteiger partial charge in [-0.25, -0.2) is 15.0 Å². The molecule has 10 rings (SSSR count). The first kappa shape index (κ1) is 27.5. The summed E-state index contributed by atoms with van der Waals surface area (Å²) >= 11 is 0. The fraction of sp³-hybridized carbons (Fsp3) is 0. The van der Waals surface area contributed by atoms with Gasteiger partial charge in [-0.2, -0.15) is 0 Å². The summed E-state index contributed by atoms with van der Waals surface area (Å²) in [6, 6.07) is 57.0. The molecule has 0 spiro atoms. The molecule has 4 heteroatoms. The molecule has 0 saturated heterocycles. The first-order chi connectivity index (χ1) is 24.3. The van der Waals surface area contributed by atoms with Gasteiger partial charge in [-0.05, 0) is 67.7 Å². The van der Waals surface area contributed by atoms with Crippen LogP contribution in [0.1, 0.15) is 0 Å². The predicted molar refractivity (Wildman–Crippen MR) is 201 cm³/mol. The van der Waals surface area contributed by atoms with Crippen molar-refractivity contribution in [3.05, 3.63) is 164 Å². The van der Waals surface area contributed by atoms with Crippen LogP contribution >= 0.6 is 0 Å². The van der Waals surface area contributed by atoms with Crippen molar-refractivity contribution < 1.29 is 4.42 Å². The molecule has 2 heterocycles. The van der Waals surface area contributed by atoms with Gasteiger partial charge in [0.1, 0.15) is 11.2 Å². The van der Waals surface area contributed by atoms with E-state index in [9.17, 15) is 0 Å². The van der Waals surface area contributed by atoms with E-state index >= 15 is 0 Å². The topological polar surface area (TPSA) is 51.8 Å². The van der Waals surface area contributed by atoms with Gasteiger partial charge in [0, 0.05) is 27.5 Å². The molecule has 8 aromatic carbocycles. The van der Waals surface area contributed by atoms with Gasteiger partial charge in [-0.1, -0.05) is 140 Å². The Morgan fingerprint density at radius 2 is 0.898 bits per heavy atom. The number of fused-ring (bicyclic) bond motifs is 7. The summed E-state index contributed by atoms with van der Waals surface area (Å²) in [7, 11) is 0. The Kier molecular flexibility index (Phi) is 6.15. The van der Waals surface area contributed by atoms with Gasteiger partial charge in [0.2, 0.25) is 0 Å². The van der Waals surface area contributed by atoms with Crippen molar-refractivity contribution >= 4 is 54.3 Å². The third-order valence-electron chi connectivity index (χ3n) is 9.49. The number of aromatic nitrogens is 3. The van der Waals surface area contributed by atoms with E-state index in [2.05, 4.69) is 115 Å². The van der Waals surface area contributed by atoms with Crippen molar-refractivity contribution in [3.63, 3.8) is 0 Å². The molecule has 0 amide bonds. The van der Waals surface area contributed by atoms with E-state index in [1.807, 2.05) is 48.5 Å². The van der Waals surface area contributed by atoms with Crippen LogP contribution in [0.2, 0.25) is 0 Å². The molecule has 0 saturated carbocycles. The Balaban J connectivity index is 1.21. The molecule has 228 valence electrons. The molecule has 0 aliphatic carbocycles. The largest absolute Gasteiger partial charge is 0.456 e. The maximum absolute atomic E-state index is 6.53. The molecule has 0 bridgehead atoms. The Morgan fingerprint density at radius 1 is 0.327 bits per heavy atom. The lowest BCUT2D eigenvalue weighted by Crippen LogP contribution is -2.00. The van der Waals surface area contributed by atoms with Gasteiger partial charge in [-0.15, -0.1) is 0 Å². The van der Waals surface area contributed by atoms with E-state index in [1.165, 1.54) is 26.9 Å². The van der Waals surface area contributed by atoms with Gasteiger partial charge < -0.3 is 4.42 Å². The lowest BCUT2D eigenvalue weighted by molar-refractivity contribution is 0.669. The van der Waals surface area contributed by atoms with Crippen LogP contribution in [-0.4, -0.2) is 15.0 Å². The zero-order chi connectivity index (χ0) is 32.3. The van der Waals surface area contributed by atoms with E-state index < -0.39 is 0 Å². The number of rotatable bonds is 4. The lowest BCUT2D eigenvalue weighted by atomic mass is 9.94. The molecule has 0 atom stereocenters. The van der Waals surface area contributed by atoms with Gasteiger partial charge in [-0.3, -0.25) is 0 Å². The summed E-state index contributed by atoms with van der Waals surface area (Å²) in [5.74, 6) is 1.85. The van der Waals surface area contributed by atoms with Crippen LogP contribution < -0.4 is 0 Å². The highest BCUT2D eigenvalue weighted by molar-refractivity contribution is 6.18. The maximum Gasteiger partial charge on any atom is 0.164 e. The minimum atomic E-state index is 0.602. The van der Waals surface area contributed by atoms with Crippen LogP contribution in [0.25, 0.3) is 99.5 Å². The summed E-state index contributed by atoms with van der Waals surface area (Å²) < 4.78 is 6.53. The number of nitrogens with zero attached hydrogens (tertiary/aromatic N) is 3. The Hall–Kier alpha value is -6.65. The molecule has 0 fully saturated rings. The molecule has 2 aromatic heterocycles. The second-order valence-corrected chi connectivity index (χ2v) is 12.4. The van der Waals surface area contributed by atoms with Crippen molar-refractivity contribution in [3.8, 4) is 45.3 Å². The summed E-state index contributed by atoms with van der Waals surface area (Å²) in [5.41, 5.74) is 6.62. The van der Waals surface area contributed by atoms with Crippen LogP contribution in [0.4, 0.5) is 0 Å². The zero-order valence-corrected chi connectivity index (χ0v) is 26.3. The van der Waals surface area contributed by atoms with E-state index in [0.29, 0.717) is 17.5 Å².